The number of rotatable bonds is 5. The van der Waals surface area contributed by atoms with Crippen molar-refractivity contribution in [2.45, 2.75) is 25.9 Å². The van der Waals surface area contributed by atoms with Crippen molar-refractivity contribution in [2.75, 3.05) is 7.11 Å². The van der Waals surface area contributed by atoms with E-state index in [1.54, 1.807) is 19.6 Å². The van der Waals surface area contributed by atoms with E-state index in [0.717, 1.165) is 34.4 Å². The fourth-order valence-electron chi connectivity index (χ4n) is 5.25. The zero-order chi connectivity index (χ0) is 21.4. The number of methoxy groups -OCH3 is 1. The summed E-state index contributed by atoms with van der Waals surface area (Å²) in [7, 11) is 1.70. The van der Waals surface area contributed by atoms with Gasteiger partial charge in [0.2, 0.25) is 5.91 Å². The van der Waals surface area contributed by atoms with Crippen LogP contribution in [0.1, 0.15) is 30.5 Å². The Morgan fingerprint density at radius 1 is 1.10 bits per heavy atom. The molecule has 1 fully saturated rings. The number of ether oxygens (including phenoxy) is 1. The number of fused-ring (bicyclic) bond motifs is 1. The number of allylic oxidation sites excluding steroid dienone is 1. The maximum atomic E-state index is 13.7. The first-order valence-electron chi connectivity index (χ1n) is 10.9. The minimum atomic E-state index is -0.0708. The van der Waals surface area contributed by atoms with E-state index in [2.05, 4.69) is 42.2 Å². The van der Waals surface area contributed by atoms with Gasteiger partial charge in [0.05, 0.1) is 25.7 Å². The minimum absolute atomic E-state index is 0.000926. The van der Waals surface area contributed by atoms with E-state index in [9.17, 15) is 4.79 Å². The van der Waals surface area contributed by atoms with Gasteiger partial charge in [-0.05, 0) is 41.7 Å². The van der Waals surface area contributed by atoms with E-state index >= 15 is 0 Å². The second-order valence-corrected chi connectivity index (χ2v) is 8.61. The van der Waals surface area contributed by atoms with E-state index in [0.29, 0.717) is 12.5 Å². The van der Waals surface area contributed by atoms with Crippen molar-refractivity contribution in [3.63, 3.8) is 0 Å². The topological polar surface area (TPSA) is 42.7 Å². The molecule has 0 unspecified atom stereocenters. The molecule has 0 bridgehead atoms. The molecule has 0 N–H and O–H groups in total. The van der Waals surface area contributed by atoms with Crippen LogP contribution in [0.4, 0.5) is 0 Å². The number of hydrogen-bond acceptors (Lipinski definition) is 3. The molecule has 4 atom stereocenters. The van der Waals surface area contributed by atoms with Crippen LogP contribution in [0.25, 0.3) is 11.1 Å². The predicted octanol–water partition coefficient (Wildman–Crippen LogP) is 5.87. The number of furan rings is 1. The molecule has 1 aromatic heterocycles. The maximum absolute atomic E-state index is 13.7. The number of nitrogens with zero attached hydrogens (tertiary/aromatic N) is 1. The summed E-state index contributed by atoms with van der Waals surface area (Å²) in [6.45, 7) is 2.79. The fraction of sp³-hybridized carbons (Fsp3) is 0.296. The van der Waals surface area contributed by atoms with Crippen molar-refractivity contribution in [1.29, 1.82) is 0 Å². The quantitative estimate of drug-likeness (QED) is 0.492. The first kappa shape index (κ1) is 19.7. The van der Waals surface area contributed by atoms with Crippen molar-refractivity contribution in [2.24, 2.45) is 17.8 Å². The van der Waals surface area contributed by atoms with Gasteiger partial charge in [0.15, 0.2) is 0 Å². The van der Waals surface area contributed by atoms with Gasteiger partial charge in [-0.2, -0.15) is 0 Å². The predicted molar refractivity (Wildman–Crippen MR) is 120 cm³/mol. The third-order valence-corrected chi connectivity index (χ3v) is 6.76. The first-order valence-corrected chi connectivity index (χ1v) is 10.9. The number of benzene rings is 2. The van der Waals surface area contributed by atoms with Crippen LogP contribution in [-0.4, -0.2) is 17.9 Å². The number of likely N-dealkylation sites (tertiary alicyclic amines) is 1. The second-order valence-electron chi connectivity index (χ2n) is 8.61. The summed E-state index contributed by atoms with van der Waals surface area (Å²) in [6.07, 6.45) is 8.87. The zero-order valence-electron chi connectivity index (χ0n) is 17.9. The molecule has 3 aromatic rings. The number of hydrogen-bond donors (Lipinski definition) is 0. The second kappa shape index (κ2) is 8.10. The highest BCUT2D eigenvalue weighted by Crippen LogP contribution is 2.51. The molecule has 1 saturated heterocycles. The first-order chi connectivity index (χ1) is 15.2. The van der Waals surface area contributed by atoms with Crippen LogP contribution < -0.4 is 4.74 Å². The maximum Gasteiger partial charge on any atom is 0.227 e. The van der Waals surface area contributed by atoms with Crippen molar-refractivity contribution >= 4 is 5.91 Å². The fourth-order valence-corrected chi connectivity index (χ4v) is 5.25. The molecule has 0 radical (unpaired) electrons. The standard InChI is InChI=1S/C27H27NO3/c1-18-7-6-10-22-25(18)27(29)28(16-19-8-4-3-5-9-19)26(22)23-15-20(11-12-24(23)30-2)21-13-14-31-17-21/h3-6,8-15,17-18,22,25-26H,7,16H2,1-2H3/t18-,22+,25+,26+/m0/s1. The van der Waals surface area contributed by atoms with Gasteiger partial charge in [0, 0.05) is 29.5 Å². The minimum Gasteiger partial charge on any atom is -0.496 e. The zero-order valence-corrected chi connectivity index (χ0v) is 17.9. The Hall–Kier alpha value is -3.27. The molecule has 1 amide bonds. The highest BCUT2D eigenvalue weighted by Gasteiger charge is 2.51. The Kier molecular flexibility index (Phi) is 5.14. The van der Waals surface area contributed by atoms with Crippen LogP contribution in [0, 0.1) is 17.8 Å². The van der Waals surface area contributed by atoms with E-state index in [4.69, 9.17) is 9.15 Å². The number of carbonyl (C=O) groups is 1. The average Bonchev–Trinajstić information content (AvgIpc) is 3.42. The summed E-state index contributed by atoms with van der Waals surface area (Å²) in [4.78, 5) is 15.8. The Bertz CT molecular complexity index is 1090. The van der Waals surface area contributed by atoms with Crippen molar-refractivity contribution in [3.05, 3.63) is 90.4 Å². The summed E-state index contributed by atoms with van der Waals surface area (Å²) in [5.74, 6) is 1.52. The summed E-state index contributed by atoms with van der Waals surface area (Å²) < 4.78 is 11.1. The Labute approximate surface area is 183 Å². The molecule has 0 spiro atoms. The summed E-state index contributed by atoms with van der Waals surface area (Å²) >= 11 is 0. The monoisotopic (exact) mass is 413 g/mol. The Morgan fingerprint density at radius 2 is 1.94 bits per heavy atom. The molecule has 4 heteroatoms. The molecule has 2 heterocycles. The van der Waals surface area contributed by atoms with E-state index in [-0.39, 0.29) is 23.8 Å². The lowest BCUT2D eigenvalue weighted by molar-refractivity contribution is -0.134. The molecule has 158 valence electrons. The van der Waals surface area contributed by atoms with Gasteiger partial charge < -0.3 is 14.1 Å². The number of amides is 1. The molecule has 31 heavy (non-hydrogen) atoms. The van der Waals surface area contributed by atoms with Crippen LogP contribution in [0.5, 0.6) is 5.75 Å². The van der Waals surface area contributed by atoms with Crippen molar-refractivity contribution in [1.82, 2.24) is 4.90 Å². The van der Waals surface area contributed by atoms with Gasteiger partial charge >= 0.3 is 0 Å². The SMILES string of the molecule is COc1ccc(-c2ccoc2)cc1[C@H]1[C@@H]2C=CC[C@H](C)[C@H]2C(=O)N1Cc1ccccc1. The van der Waals surface area contributed by atoms with Crippen molar-refractivity contribution < 1.29 is 13.9 Å². The van der Waals surface area contributed by atoms with Crippen LogP contribution in [0.2, 0.25) is 0 Å². The molecular weight excluding hydrogens is 386 g/mol. The van der Waals surface area contributed by atoms with Gasteiger partial charge in [-0.25, -0.2) is 0 Å². The highest BCUT2D eigenvalue weighted by molar-refractivity contribution is 5.84. The molecule has 5 rings (SSSR count). The van der Waals surface area contributed by atoms with Crippen LogP contribution in [0.3, 0.4) is 0 Å². The van der Waals surface area contributed by atoms with Crippen LogP contribution in [-0.2, 0) is 11.3 Å². The van der Waals surface area contributed by atoms with Gasteiger partial charge in [-0.1, -0.05) is 55.5 Å². The lowest BCUT2D eigenvalue weighted by Crippen LogP contribution is -2.30. The normalized spacial score (nSPS) is 25.0. The molecule has 0 saturated carbocycles. The van der Waals surface area contributed by atoms with E-state index in [1.807, 2.05) is 36.4 Å². The summed E-state index contributed by atoms with van der Waals surface area (Å²) in [6, 6.07) is 18.3. The molecule has 1 aliphatic heterocycles. The smallest absolute Gasteiger partial charge is 0.227 e. The number of carbonyl (C=O) groups excluding carboxylic acids is 1. The molecule has 2 aliphatic rings. The summed E-state index contributed by atoms with van der Waals surface area (Å²) in [5, 5.41) is 0. The Balaban J connectivity index is 1.63. The van der Waals surface area contributed by atoms with Gasteiger partial charge in [0.1, 0.15) is 5.75 Å². The summed E-state index contributed by atoms with van der Waals surface area (Å²) in [5.41, 5.74) is 4.28. The van der Waals surface area contributed by atoms with Crippen LogP contribution >= 0.6 is 0 Å². The van der Waals surface area contributed by atoms with Gasteiger partial charge in [-0.15, -0.1) is 0 Å². The average molecular weight is 414 g/mol. The van der Waals surface area contributed by atoms with E-state index < -0.39 is 0 Å². The largest absolute Gasteiger partial charge is 0.496 e. The van der Waals surface area contributed by atoms with Gasteiger partial charge in [-0.3, -0.25) is 4.79 Å². The lowest BCUT2D eigenvalue weighted by atomic mass is 9.75. The molecule has 1 aliphatic carbocycles. The molecule has 4 nitrogen and oxygen atoms in total. The highest BCUT2D eigenvalue weighted by atomic mass is 16.5. The van der Waals surface area contributed by atoms with Gasteiger partial charge in [0.25, 0.3) is 0 Å². The third-order valence-electron chi connectivity index (χ3n) is 6.76. The molecular formula is C27H27NO3. The lowest BCUT2D eigenvalue weighted by Gasteiger charge is -2.30. The van der Waals surface area contributed by atoms with Crippen molar-refractivity contribution in [3.8, 4) is 16.9 Å². The Morgan fingerprint density at radius 3 is 2.68 bits per heavy atom. The van der Waals surface area contributed by atoms with Crippen LogP contribution in [0.15, 0.2) is 83.7 Å². The van der Waals surface area contributed by atoms with E-state index in [1.165, 1.54) is 0 Å². The molecule has 2 aromatic carbocycles. The third kappa shape index (κ3) is 3.46.